The van der Waals surface area contributed by atoms with Crippen molar-refractivity contribution in [2.24, 2.45) is 0 Å². The highest BCUT2D eigenvalue weighted by molar-refractivity contribution is 5.87. The highest BCUT2D eigenvalue weighted by Crippen LogP contribution is 2.18. The molecule has 1 aliphatic rings. The second kappa shape index (κ2) is 7.99. The van der Waals surface area contributed by atoms with Crippen LogP contribution in [-0.2, 0) is 19.1 Å². The van der Waals surface area contributed by atoms with E-state index in [1.54, 1.807) is 18.2 Å². The second-order valence-electron chi connectivity index (χ2n) is 4.28. The van der Waals surface area contributed by atoms with E-state index in [1.807, 2.05) is 13.0 Å². The summed E-state index contributed by atoms with van der Waals surface area (Å²) in [7, 11) is 1.44. The fourth-order valence-electron chi connectivity index (χ4n) is 1.62. The van der Waals surface area contributed by atoms with E-state index in [1.165, 1.54) is 13.2 Å². The molecule has 0 aliphatic carbocycles. The molecule has 0 bridgehead atoms. The van der Waals surface area contributed by atoms with E-state index < -0.39 is 11.9 Å². The van der Waals surface area contributed by atoms with Crippen LogP contribution in [0.15, 0.2) is 47.8 Å². The zero-order chi connectivity index (χ0) is 15.0. The topological polar surface area (TPSA) is 72.8 Å². The smallest absolute Gasteiger partial charge is 0.373 e. The van der Waals surface area contributed by atoms with Gasteiger partial charge in [0, 0.05) is 18.9 Å². The van der Waals surface area contributed by atoms with Gasteiger partial charge in [-0.15, -0.1) is 0 Å². The molecule has 0 spiro atoms. The van der Waals surface area contributed by atoms with Gasteiger partial charge in [0.15, 0.2) is 5.76 Å². The quantitative estimate of drug-likeness (QED) is 0.459. The van der Waals surface area contributed by atoms with E-state index in [2.05, 4.69) is 0 Å². The Morgan fingerprint density at radius 1 is 1.50 bits per heavy atom. The first kappa shape index (κ1) is 15.8. The lowest BCUT2D eigenvalue weighted by molar-refractivity contribution is -0.149. The number of allylic oxidation sites excluding steroid dienone is 4. The van der Waals surface area contributed by atoms with Gasteiger partial charge in [-0.2, -0.15) is 0 Å². The summed E-state index contributed by atoms with van der Waals surface area (Å²) in [5.41, 5.74) is 0.970. The lowest BCUT2D eigenvalue weighted by Crippen LogP contribution is -2.23. The van der Waals surface area contributed by atoms with Crippen molar-refractivity contribution in [1.82, 2.24) is 0 Å². The molecule has 0 aromatic carbocycles. The monoisotopic (exact) mass is 278 g/mol. The van der Waals surface area contributed by atoms with Gasteiger partial charge in [0.25, 0.3) is 0 Å². The van der Waals surface area contributed by atoms with Crippen molar-refractivity contribution in [2.75, 3.05) is 7.11 Å². The fourth-order valence-corrected chi connectivity index (χ4v) is 1.62. The predicted octanol–water partition coefficient (Wildman–Crippen LogP) is 2.37. The summed E-state index contributed by atoms with van der Waals surface area (Å²) >= 11 is 0. The van der Waals surface area contributed by atoms with Crippen LogP contribution in [-0.4, -0.2) is 30.3 Å². The average molecular weight is 278 g/mol. The molecule has 0 saturated carbocycles. The van der Waals surface area contributed by atoms with Crippen molar-refractivity contribution in [1.29, 1.82) is 0 Å². The van der Waals surface area contributed by atoms with Crippen LogP contribution in [0, 0.1) is 0 Å². The molecule has 1 unspecified atom stereocenters. The van der Waals surface area contributed by atoms with Crippen molar-refractivity contribution in [2.45, 2.75) is 25.9 Å². The summed E-state index contributed by atoms with van der Waals surface area (Å²) in [5, 5.41) is 8.42. The molecule has 0 saturated heterocycles. The molecule has 1 N–H and O–H groups in total. The molecule has 1 aliphatic heterocycles. The first-order chi connectivity index (χ1) is 9.52. The molecule has 5 heteroatoms. The molecule has 0 radical (unpaired) electrons. The Hall–Kier alpha value is -2.30. The minimum absolute atomic E-state index is 0.181. The fraction of sp³-hybridized carbons (Fsp3) is 0.333. The summed E-state index contributed by atoms with van der Waals surface area (Å²) in [6, 6.07) is 0. The number of ether oxygens (including phenoxy) is 2. The predicted molar refractivity (Wildman–Crippen MR) is 73.9 cm³/mol. The van der Waals surface area contributed by atoms with E-state index in [9.17, 15) is 9.59 Å². The highest BCUT2D eigenvalue weighted by atomic mass is 16.6. The van der Waals surface area contributed by atoms with Gasteiger partial charge in [0.2, 0.25) is 0 Å². The normalized spacial score (nSPS) is 20.1. The molecule has 0 aromatic rings. The average Bonchev–Trinajstić information content (AvgIpc) is 2.41. The van der Waals surface area contributed by atoms with E-state index in [0.717, 1.165) is 11.6 Å². The van der Waals surface area contributed by atoms with Crippen LogP contribution < -0.4 is 0 Å². The Morgan fingerprint density at radius 3 is 2.80 bits per heavy atom. The van der Waals surface area contributed by atoms with E-state index in [0.29, 0.717) is 12.8 Å². The lowest BCUT2D eigenvalue weighted by Gasteiger charge is -2.20. The number of aliphatic carboxylic acids is 1. The second-order valence-corrected chi connectivity index (χ2v) is 4.28. The number of cyclic esters (lactones) is 1. The van der Waals surface area contributed by atoms with Crippen LogP contribution in [0.5, 0.6) is 0 Å². The molecular weight excluding hydrogens is 260 g/mol. The molecule has 0 aromatic heterocycles. The lowest BCUT2D eigenvalue weighted by atomic mass is 10.1. The molecule has 1 atom stereocenters. The number of carboxylic acids is 1. The maximum atomic E-state index is 11.4. The Kier molecular flexibility index (Phi) is 6.29. The SMILES string of the molecule is COC1=CCC(C/C=C(C)/C=C/C=C/C(=O)O)OC1=O. The molecule has 108 valence electrons. The van der Waals surface area contributed by atoms with Gasteiger partial charge in [0.1, 0.15) is 6.10 Å². The number of methoxy groups -OCH3 is 1. The molecule has 0 amide bonds. The number of rotatable bonds is 6. The molecular formula is C15H18O5. The minimum atomic E-state index is -0.980. The number of hydrogen-bond acceptors (Lipinski definition) is 4. The van der Waals surface area contributed by atoms with Crippen LogP contribution in [0.25, 0.3) is 0 Å². The third kappa shape index (κ3) is 5.56. The van der Waals surface area contributed by atoms with Crippen LogP contribution in [0.4, 0.5) is 0 Å². The minimum Gasteiger partial charge on any atom is -0.490 e. The zero-order valence-corrected chi connectivity index (χ0v) is 11.5. The number of carbonyl (C=O) groups excluding carboxylic acids is 1. The summed E-state index contributed by atoms with van der Waals surface area (Å²) < 4.78 is 10.1. The Bertz CT molecular complexity index is 482. The third-order valence-electron chi connectivity index (χ3n) is 2.67. The van der Waals surface area contributed by atoms with Gasteiger partial charge < -0.3 is 14.6 Å². The Morgan fingerprint density at radius 2 is 2.20 bits per heavy atom. The van der Waals surface area contributed by atoms with Gasteiger partial charge in [-0.3, -0.25) is 0 Å². The Balaban J connectivity index is 2.46. The van der Waals surface area contributed by atoms with Crippen molar-refractivity contribution in [3.8, 4) is 0 Å². The molecule has 0 fully saturated rings. The van der Waals surface area contributed by atoms with Crippen molar-refractivity contribution in [3.05, 3.63) is 47.8 Å². The van der Waals surface area contributed by atoms with E-state index >= 15 is 0 Å². The number of carbonyl (C=O) groups is 2. The summed E-state index contributed by atoms with van der Waals surface area (Å²) in [6.45, 7) is 1.90. The standard InChI is InChI=1S/C15H18O5/c1-11(5-3-4-6-14(16)17)7-8-12-9-10-13(19-2)15(18)20-12/h3-7,10,12H,8-9H2,1-2H3,(H,16,17)/b5-3+,6-4+,11-7+. The number of hydrogen-bond donors (Lipinski definition) is 1. The van der Waals surface area contributed by atoms with Gasteiger partial charge in [-0.05, 0) is 13.0 Å². The van der Waals surface area contributed by atoms with Crippen LogP contribution in [0.2, 0.25) is 0 Å². The zero-order valence-electron chi connectivity index (χ0n) is 11.5. The van der Waals surface area contributed by atoms with Gasteiger partial charge in [-0.25, -0.2) is 9.59 Å². The summed E-state index contributed by atoms with van der Waals surface area (Å²) in [6.07, 6.45) is 10.7. The van der Waals surface area contributed by atoms with Crippen molar-refractivity contribution in [3.63, 3.8) is 0 Å². The largest absolute Gasteiger partial charge is 0.490 e. The van der Waals surface area contributed by atoms with Gasteiger partial charge >= 0.3 is 11.9 Å². The maximum absolute atomic E-state index is 11.4. The van der Waals surface area contributed by atoms with E-state index in [-0.39, 0.29) is 11.9 Å². The molecule has 20 heavy (non-hydrogen) atoms. The van der Waals surface area contributed by atoms with Crippen molar-refractivity contribution < 1.29 is 24.2 Å². The number of carboxylic acid groups (broad SMARTS) is 1. The van der Waals surface area contributed by atoms with Gasteiger partial charge in [-0.1, -0.05) is 29.9 Å². The summed E-state index contributed by atoms with van der Waals surface area (Å²) in [4.78, 5) is 21.7. The van der Waals surface area contributed by atoms with Crippen LogP contribution >= 0.6 is 0 Å². The summed E-state index contributed by atoms with van der Waals surface area (Å²) in [5.74, 6) is -1.17. The first-order valence-corrected chi connectivity index (χ1v) is 6.22. The molecule has 1 rings (SSSR count). The van der Waals surface area contributed by atoms with Crippen LogP contribution in [0.1, 0.15) is 19.8 Å². The van der Waals surface area contributed by atoms with Crippen molar-refractivity contribution >= 4 is 11.9 Å². The Labute approximate surface area is 117 Å². The molecule has 5 nitrogen and oxygen atoms in total. The number of esters is 1. The van der Waals surface area contributed by atoms with E-state index in [4.69, 9.17) is 14.6 Å². The van der Waals surface area contributed by atoms with Crippen LogP contribution in [0.3, 0.4) is 0 Å². The van der Waals surface area contributed by atoms with Gasteiger partial charge in [0.05, 0.1) is 7.11 Å². The molecule has 1 heterocycles. The highest BCUT2D eigenvalue weighted by Gasteiger charge is 2.22. The first-order valence-electron chi connectivity index (χ1n) is 6.22. The third-order valence-corrected chi connectivity index (χ3v) is 2.67. The maximum Gasteiger partial charge on any atom is 0.373 e.